The van der Waals surface area contributed by atoms with E-state index in [1.807, 2.05) is 4.90 Å². The largest absolute Gasteiger partial charge is 0.586 e. The third-order valence-electron chi connectivity index (χ3n) is 6.60. The van der Waals surface area contributed by atoms with Gasteiger partial charge in [0.25, 0.3) is 0 Å². The first-order valence-corrected chi connectivity index (χ1v) is 13.4. The van der Waals surface area contributed by atoms with Gasteiger partial charge in [-0.1, -0.05) is 18.7 Å². The van der Waals surface area contributed by atoms with Crippen molar-refractivity contribution in [1.82, 2.24) is 10.3 Å². The molecule has 0 saturated carbocycles. The highest BCUT2D eigenvalue weighted by atomic mass is 19.3. The van der Waals surface area contributed by atoms with Crippen LogP contribution in [0, 0.1) is 22.7 Å². The highest BCUT2D eigenvalue weighted by Gasteiger charge is 2.43. The fraction of sp³-hybridized carbons (Fsp3) is 0.355. The molecule has 2 aliphatic rings. The minimum atomic E-state index is -3.83. The van der Waals surface area contributed by atoms with Crippen molar-refractivity contribution in [1.29, 1.82) is 10.5 Å². The number of piperidine rings is 1. The molecule has 0 spiro atoms. The van der Waals surface area contributed by atoms with Crippen molar-refractivity contribution in [3.8, 4) is 34.8 Å². The number of alkyl carbamates (subject to hydrolysis) is 1. The molecule has 12 heteroatoms. The van der Waals surface area contributed by atoms with Crippen LogP contribution in [0.25, 0.3) is 16.7 Å². The molecule has 43 heavy (non-hydrogen) atoms. The van der Waals surface area contributed by atoms with E-state index in [9.17, 15) is 28.5 Å². The van der Waals surface area contributed by atoms with Gasteiger partial charge in [0.1, 0.15) is 23.3 Å². The van der Waals surface area contributed by atoms with Crippen LogP contribution in [0.3, 0.4) is 0 Å². The second-order valence-electron chi connectivity index (χ2n) is 11.0. The summed E-state index contributed by atoms with van der Waals surface area (Å²) in [6.07, 6.45) is -0.509. The number of allylic oxidation sites excluding steroid dienone is 5. The smallest absolute Gasteiger partial charge is 0.444 e. The van der Waals surface area contributed by atoms with Crippen LogP contribution in [0.2, 0.25) is 0 Å². The molecule has 9 nitrogen and oxygen atoms in total. The Bertz CT molecular complexity index is 1590. The van der Waals surface area contributed by atoms with Gasteiger partial charge in [0.2, 0.25) is 0 Å². The van der Waals surface area contributed by atoms with Crippen LogP contribution in [-0.4, -0.2) is 42.1 Å². The highest BCUT2D eigenvalue weighted by molar-refractivity contribution is 5.88. The van der Waals surface area contributed by atoms with Crippen LogP contribution < -0.4 is 19.7 Å². The van der Waals surface area contributed by atoms with Crippen molar-refractivity contribution < 1.29 is 32.2 Å². The fourth-order valence-corrected chi connectivity index (χ4v) is 4.63. The molecule has 4 rings (SSSR count). The van der Waals surface area contributed by atoms with E-state index in [1.165, 1.54) is 30.4 Å². The quantitative estimate of drug-likeness (QED) is 0.288. The lowest BCUT2D eigenvalue weighted by Gasteiger charge is -2.34. The summed E-state index contributed by atoms with van der Waals surface area (Å²) >= 11 is 0. The second-order valence-corrected chi connectivity index (χ2v) is 11.0. The summed E-state index contributed by atoms with van der Waals surface area (Å²) in [6, 6.07) is 9.49. The average Bonchev–Trinajstić information content (AvgIpc) is 3.24. The Morgan fingerprint density at radius 3 is 2.47 bits per heavy atom. The zero-order chi connectivity index (χ0) is 31.5. The van der Waals surface area contributed by atoms with E-state index in [0.717, 1.165) is 6.92 Å². The number of fused-ring (bicyclic) bond motifs is 1. The minimum Gasteiger partial charge on any atom is -0.444 e. The molecular weight excluding hydrogens is 563 g/mol. The molecule has 1 fully saturated rings. The number of halogens is 3. The normalized spacial score (nSPS) is 16.7. The Kier molecular flexibility index (Phi) is 8.72. The molecule has 3 heterocycles. The maximum absolute atomic E-state index is 13.8. The number of aromatic nitrogens is 1. The molecule has 0 atom stereocenters. The first kappa shape index (κ1) is 31.0. The average molecular weight is 594 g/mol. The zero-order valence-electron chi connectivity index (χ0n) is 24.1. The molecular formula is C31H30F3N5O4. The van der Waals surface area contributed by atoms with Crippen molar-refractivity contribution >= 4 is 17.5 Å². The van der Waals surface area contributed by atoms with Gasteiger partial charge in [-0.25, -0.2) is 14.2 Å². The van der Waals surface area contributed by atoms with Gasteiger partial charge >= 0.3 is 12.4 Å². The number of ether oxygens (including phenoxy) is 3. The number of benzene rings is 1. The molecule has 0 bridgehead atoms. The number of nitrogens with zero attached hydrogens (tertiary/aromatic N) is 4. The third kappa shape index (κ3) is 7.46. The van der Waals surface area contributed by atoms with Crippen molar-refractivity contribution in [3.63, 3.8) is 0 Å². The van der Waals surface area contributed by atoms with Gasteiger partial charge < -0.3 is 24.4 Å². The molecule has 224 valence electrons. The molecule has 2 aliphatic heterocycles. The van der Waals surface area contributed by atoms with Crippen molar-refractivity contribution in [2.45, 2.75) is 58.5 Å². The first-order valence-electron chi connectivity index (χ1n) is 13.4. The predicted molar refractivity (Wildman–Crippen MR) is 153 cm³/mol. The van der Waals surface area contributed by atoms with E-state index < -0.39 is 23.8 Å². The van der Waals surface area contributed by atoms with Gasteiger partial charge in [-0.15, -0.1) is 8.78 Å². The summed E-state index contributed by atoms with van der Waals surface area (Å²) in [6.45, 7) is 11.5. The van der Waals surface area contributed by atoms with Gasteiger partial charge in [-0.2, -0.15) is 10.5 Å². The van der Waals surface area contributed by atoms with Crippen LogP contribution in [-0.2, 0) is 4.74 Å². The Labute approximate surface area is 247 Å². The number of rotatable bonds is 6. The number of nitrogens with one attached hydrogen (secondary N) is 1. The number of hydrogen-bond donors (Lipinski definition) is 1. The van der Waals surface area contributed by atoms with Gasteiger partial charge in [0, 0.05) is 24.7 Å². The zero-order valence-corrected chi connectivity index (χ0v) is 24.1. The lowest BCUT2D eigenvalue weighted by molar-refractivity contribution is -0.286. The summed E-state index contributed by atoms with van der Waals surface area (Å²) in [5.41, 5.74) is 0.409. The van der Waals surface area contributed by atoms with Crippen molar-refractivity contribution in [2.75, 3.05) is 18.0 Å². The van der Waals surface area contributed by atoms with Crippen LogP contribution in [0.4, 0.5) is 23.8 Å². The van der Waals surface area contributed by atoms with Crippen LogP contribution in [0.1, 0.15) is 51.8 Å². The summed E-state index contributed by atoms with van der Waals surface area (Å²) in [5.74, 6) is -0.622. The summed E-state index contributed by atoms with van der Waals surface area (Å²) in [5, 5.41) is 22.3. The van der Waals surface area contributed by atoms with E-state index in [2.05, 4.69) is 27.4 Å². The number of amides is 1. The standard InChI is InChI=1S/C31H30F3N5O4/c1-18(6-7-21(16-35)19(2)32)28-27(20-8-9-24-25(14-20)42-31(33,34)41-24)22(17-36)15-26(38-28)39-12-10-23(11-13-39)37-29(40)43-30(3,4)5/h6-9,14-15,23H,1,10-13H2,2-5H3,(H,37,40)/b7-6-,21-19-. The fourth-order valence-electron chi connectivity index (χ4n) is 4.63. The van der Waals surface area contributed by atoms with Gasteiger partial charge in [-0.05, 0) is 75.9 Å². The third-order valence-corrected chi connectivity index (χ3v) is 6.60. The Balaban J connectivity index is 1.69. The Morgan fingerprint density at radius 2 is 1.86 bits per heavy atom. The lowest BCUT2D eigenvalue weighted by Crippen LogP contribution is -2.46. The van der Waals surface area contributed by atoms with E-state index in [4.69, 9.17) is 9.72 Å². The lowest BCUT2D eigenvalue weighted by atomic mass is 9.94. The summed E-state index contributed by atoms with van der Waals surface area (Å²) in [7, 11) is 0. The van der Waals surface area contributed by atoms with E-state index >= 15 is 0 Å². The molecule has 1 saturated heterocycles. The summed E-state index contributed by atoms with van der Waals surface area (Å²) < 4.78 is 55.6. The van der Waals surface area contributed by atoms with Gasteiger partial charge in [0.05, 0.1) is 22.9 Å². The highest BCUT2D eigenvalue weighted by Crippen LogP contribution is 2.44. The van der Waals surface area contributed by atoms with Crippen LogP contribution in [0.15, 0.2) is 54.4 Å². The molecule has 1 N–H and O–H groups in total. The molecule has 1 aromatic carbocycles. The SMILES string of the molecule is C=C(/C=C\C(C#N)=C(/C)F)c1nc(N2CCC(NC(=O)OC(C)(C)C)CC2)cc(C#N)c1-c1ccc2c(c1)OC(F)(F)O2. The summed E-state index contributed by atoms with van der Waals surface area (Å²) in [4.78, 5) is 19.0. The molecule has 1 aromatic heterocycles. The number of anilines is 1. The van der Waals surface area contributed by atoms with Crippen LogP contribution in [0.5, 0.6) is 11.5 Å². The maximum atomic E-state index is 13.8. The Morgan fingerprint density at radius 1 is 1.19 bits per heavy atom. The number of pyridine rings is 1. The van der Waals surface area contributed by atoms with E-state index in [0.29, 0.717) is 37.3 Å². The molecule has 0 unspecified atom stereocenters. The minimum absolute atomic E-state index is 0.120. The molecule has 0 radical (unpaired) electrons. The predicted octanol–water partition coefficient (Wildman–Crippen LogP) is 6.77. The van der Waals surface area contributed by atoms with Crippen LogP contribution >= 0.6 is 0 Å². The molecule has 1 amide bonds. The second kappa shape index (κ2) is 12.1. The number of alkyl halides is 2. The number of carbonyl (C=O) groups excluding carboxylic acids is 1. The van der Waals surface area contributed by atoms with Crippen molar-refractivity contribution in [2.24, 2.45) is 0 Å². The molecule has 2 aromatic rings. The number of carbonyl (C=O) groups is 1. The first-order chi connectivity index (χ1) is 20.2. The Hall–Kier alpha value is -4.97. The van der Waals surface area contributed by atoms with Gasteiger partial charge in [-0.3, -0.25) is 0 Å². The topological polar surface area (TPSA) is 121 Å². The molecule has 0 aliphatic carbocycles. The van der Waals surface area contributed by atoms with E-state index in [-0.39, 0.29) is 45.5 Å². The monoisotopic (exact) mass is 593 g/mol. The van der Waals surface area contributed by atoms with E-state index in [1.54, 1.807) is 32.9 Å². The van der Waals surface area contributed by atoms with Crippen molar-refractivity contribution in [3.05, 3.63) is 65.7 Å². The maximum Gasteiger partial charge on any atom is 0.586 e. The van der Waals surface area contributed by atoms with Gasteiger partial charge in [0.15, 0.2) is 11.5 Å². The number of hydrogen-bond acceptors (Lipinski definition) is 8. The number of nitriles is 2.